The van der Waals surface area contributed by atoms with Gasteiger partial charge in [-0.15, -0.1) is 0 Å². The zero-order valence-corrected chi connectivity index (χ0v) is 15.4. The highest BCUT2D eigenvalue weighted by Crippen LogP contribution is 2.19. The highest BCUT2D eigenvalue weighted by molar-refractivity contribution is 9.10. The number of carboxylic acid groups (broad SMARTS) is 1. The molecule has 2 aromatic heterocycles. The molecule has 0 saturated carbocycles. The summed E-state index contributed by atoms with van der Waals surface area (Å²) < 4.78 is 4.09. The number of carbonyl (C=O) groups is 2. The Balaban J connectivity index is 1.89. The van der Waals surface area contributed by atoms with Gasteiger partial charge in [0.1, 0.15) is 11.7 Å². The van der Waals surface area contributed by atoms with Gasteiger partial charge in [0.15, 0.2) is 0 Å². The van der Waals surface area contributed by atoms with Crippen molar-refractivity contribution in [1.82, 2.24) is 24.9 Å². The van der Waals surface area contributed by atoms with Crippen LogP contribution >= 0.6 is 15.9 Å². The number of aromatic nitrogens is 4. The van der Waals surface area contributed by atoms with Crippen molar-refractivity contribution in [3.05, 3.63) is 33.8 Å². The molecule has 130 valence electrons. The predicted octanol–water partition coefficient (Wildman–Crippen LogP) is 1.92. The molecule has 2 heterocycles. The van der Waals surface area contributed by atoms with E-state index in [9.17, 15) is 9.59 Å². The molecule has 1 unspecified atom stereocenters. The van der Waals surface area contributed by atoms with Crippen LogP contribution in [0.2, 0.25) is 0 Å². The molecule has 9 heteroatoms. The van der Waals surface area contributed by atoms with Gasteiger partial charge < -0.3 is 10.4 Å². The number of hydrogen-bond acceptors (Lipinski definition) is 4. The third kappa shape index (κ3) is 3.84. The Labute approximate surface area is 148 Å². The highest BCUT2D eigenvalue weighted by atomic mass is 79.9. The van der Waals surface area contributed by atoms with Crippen molar-refractivity contribution in [2.24, 2.45) is 0 Å². The molecule has 0 spiro atoms. The highest BCUT2D eigenvalue weighted by Gasteiger charge is 2.20. The number of hydrogen-bond donors (Lipinski definition) is 2. The number of amides is 1. The SMILES string of the molecule is Cc1nn(CCCNC(=O)c2ccnn2C(C)C(=O)O)c(C)c1Br. The lowest BCUT2D eigenvalue weighted by Crippen LogP contribution is -2.30. The quantitative estimate of drug-likeness (QED) is 0.694. The zero-order chi connectivity index (χ0) is 17.9. The fourth-order valence-electron chi connectivity index (χ4n) is 2.32. The van der Waals surface area contributed by atoms with Gasteiger partial charge in [0, 0.05) is 25.0 Å². The lowest BCUT2D eigenvalue weighted by atomic mass is 10.3. The molecule has 0 aromatic carbocycles. The third-order valence-corrected chi connectivity index (χ3v) is 4.90. The van der Waals surface area contributed by atoms with Gasteiger partial charge in [0.05, 0.1) is 10.2 Å². The summed E-state index contributed by atoms with van der Waals surface area (Å²) in [7, 11) is 0. The van der Waals surface area contributed by atoms with E-state index in [1.54, 1.807) is 0 Å². The maximum absolute atomic E-state index is 12.2. The second kappa shape index (κ2) is 7.61. The summed E-state index contributed by atoms with van der Waals surface area (Å²) in [4.78, 5) is 23.2. The fourth-order valence-corrected chi connectivity index (χ4v) is 2.61. The predicted molar refractivity (Wildman–Crippen MR) is 90.9 cm³/mol. The summed E-state index contributed by atoms with van der Waals surface area (Å²) in [5, 5.41) is 20.2. The van der Waals surface area contributed by atoms with Gasteiger partial charge in [-0.3, -0.25) is 9.48 Å². The van der Waals surface area contributed by atoms with Crippen LogP contribution in [0.15, 0.2) is 16.7 Å². The fraction of sp³-hybridized carbons (Fsp3) is 0.467. The second-order valence-electron chi connectivity index (χ2n) is 5.49. The molecule has 0 bridgehead atoms. The lowest BCUT2D eigenvalue weighted by Gasteiger charge is -2.11. The van der Waals surface area contributed by atoms with Crippen molar-refractivity contribution in [1.29, 1.82) is 0 Å². The van der Waals surface area contributed by atoms with Crippen molar-refractivity contribution in [2.45, 2.75) is 39.8 Å². The summed E-state index contributed by atoms with van der Waals surface area (Å²) in [5.74, 6) is -1.38. The minimum Gasteiger partial charge on any atom is -0.480 e. The van der Waals surface area contributed by atoms with E-state index in [0.29, 0.717) is 19.5 Å². The first-order chi connectivity index (χ1) is 11.3. The van der Waals surface area contributed by atoms with Crippen LogP contribution in [-0.2, 0) is 11.3 Å². The molecule has 0 saturated heterocycles. The van der Waals surface area contributed by atoms with Crippen LogP contribution < -0.4 is 5.32 Å². The molecule has 8 nitrogen and oxygen atoms in total. The number of rotatable bonds is 7. The van der Waals surface area contributed by atoms with Gasteiger partial charge in [-0.1, -0.05) is 0 Å². The van der Waals surface area contributed by atoms with Gasteiger partial charge in [0.25, 0.3) is 5.91 Å². The van der Waals surface area contributed by atoms with E-state index in [0.717, 1.165) is 15.9 Å². The first-order valence-corrected chi connectivity index (χ1v) is 8.36. The average molecular weight is 398 g/mol. The monoisotopic (exact) mass is 397 g/mol. The average Bonchev–Trinajstić information content (AvgIpc) is 3.12. The standard InChI is InChI=1S/C15H20BrN5O3/c1-9-13(16)10(2)20(19-9)8-4-6-17-14(22)12-5-7-18-21(12)11(3)15(23)24/h5,7,11H,4,6,8H2,1-3H3,(H,17,22)(H,23,24). The normalized spacial score (nSPS) is 12.2. The number of nitrogens with zero attached hydrogens (tertiary/aromatic N) is 4. The Morgan fingerprint density at radius 3 is 2.71 bits per heavy atom. The number of carbonyl (C=O) groups excluding carboxylic acids is 1. The summed E-state index contributed by atoms with van der Waals surface area (Å²) in [5.41, 5.74) is 2.22. The minimum absolute atomic E-state index is 0.235. The zero-order valence-electron chi connectivity index (χ0n) is 13.8. The molecular weight excluding hydrogens is 378 g/mol. The van der Waals surface area contributed by atoms with E-state index in [1.807, 2.05) is 18.5 Å². The van der Waals surface area contributed by atoms with E-state index in [-0.39, 0.29) is 11.6 Å². The van der Waals surface area contributed by atoms with Crippen molar-refractivity contribution >= 4 is 27.8 Å². The van der Waals surface area contributed by atoms with Crippen LogP contribution in [-0.4, -0.2) is 43.1 Å². The molecule has 0 aliphatic heterocycles. The van der Waals surface area contributed by atoms with Crippen LogP contribution in [0.25, 0.3) is 0 Å². The molecule has 2 N–H and O–H groups in total. The third-order valence-electron chi connectivity index (χ3n) is 3.75. The Kier molecular flexibility index (Phi) is 5.76. The summed E-state index contributed by atoms with van der Waals surface area (Å²) in [6.45, 7) is 6.53. The van der Waals surface area contributed by atoms with E-state index in [2.05, 4.69) is 31.4 Å². The number of nitrogens with one attached hydrogen (secondary N) is 1. The smallest absolute Gasteiger partial charge is 0.328 e. The summed E-state index contributed by atoms with van der Waals surface area (Å²) in [6, 6.07) is 0.611. The molecule has 2 aromatic rings. The molecule has 2 rings (SSSR count). The molecule has 24 heavy (non-hydrogen) atoms. The molecule has 0 aliphatic carbocycles. The summed E-state index contributed by atoms with van der Waals surface area (Å²) in [6.07, 6.45) is 2.13. The number of aryl methyl sites for hydroxylation is 2. The van der Waals surface area contributed by atoms with Crippen LogP contribution in [0.5, 0.6) is 0 Å². The molecule has 1 atom stereocenters. The van der Waals surface area contributed by atoms with Gasteiger partial charge in [-0.2, -0.15) is 10.2 Å². The van der Waals surface area contributed by atoms with Crippen molar-refractivity contribution in [2.75, 3.05) is 6.54 Å². The van der Waals surface area contributed by atoms with E-state index in [1.165, 1.54) is 23.9 Å². The van der Waals surface area contributed by atoms with Gasteiger partial charge >= 0.3 is 5.97 Å². The van der Waals surface area contributed by atoms with E-state index >= 15 is 0 Å². The number of halogens is 1. The Hall–Kier alpha value is -2.16. The molecular formula is C15H20BrN5O3. The van der Waals surface area contributed by atoms with Crippen molar-refractivity contribution < 1.29 is 14.7 Å². The second-order valence-corrected chi connectivity index (χ2v) is 6.29. The van der Waals surface area contributed by atoms with Gasteiger partial charge in [0.2, 0.25) is 0 Å². The first-order valence-electron chi connectivity index (χ1n) is 7.57. The molecule has 1 amide bonds. The lowest BCUT2D eigenvalue weighted by molar-refractivity contribution is -0.140. The van der Waals surface area contributed by atoms with Gasteiger partial charge in [-0.25, -0.2) is 9.48 Å². The van der Waals surface area contributed by atoms with Crippen LogP contribution in [0.3, 0.4) is 0 Å². The topological polar surface area (TPSA) is 102 Å². The Morgan fingerprint density at radius 1 is 1.42 bits per heavy atom. The van der Waals surface area contributed by atoms with Crippen LogP contribution in [0.4, 0.5) is 0 Å². The molecule has 0 fully saturated rings. The first kappa shape index (κ1) is 18.2. The van der Waals surface area contributed by atoms with Gasteiger partial charge in [-0.05, 0) is 49.2 Å². The summed E-state index contributed by atoms with van der Waals surface area (Å²) >= 11 is 3.48. The number of aliphatic carboxylic acids is 1. The number of carboxylic acids is 1. The van der Waals surface area contributed by atoms with E-state index in [4.69, 9.17) is 5.11 Å². The van der Waals surface area contributed by atoms with Crippen LogP contribution in [0, 0.1) is 13.8 Å². The maximum atomic E-state index is 12.2. The molecule has 0 radical (unpaired) electrons. The van der Waals surface area contributed by atoms with Crippen molar-refractivity contribution in [3.8, 4) is 0 Å². The maximum Gasteiger partial charge on any atom is 0.328 e. The molecule has 0 aliphatic rings. The van der Waals surface area contributed by atoms with E-state index < -0.39 is 12.0 Å². The Morgan fingerprint density at radius 2 is 2.12 bits per heavy atom. The largest absolute Gasteiger partial charge is 0.480 e. The Bertz CT molecular complexity index is 752. The minimum atomic E-state index is -1.04. The van der Waals surface area contributed by atoms with Crippen LogP contribution in [0.1, 0.15) is 41.3 Å². The van der Waals surface area contributed by atoms with Crippen molar-refractivity contribution in [3.63, 3.8) is 0 Å².